The van der Waals surface area contributed by atoms with Crippen molar-refractivity contribution in [3.05, 3.63) is 59.2 Å². The number of aryl methyl sites for hydroxylation is 1. The van der Waals surface area contributed by atoms with Crippen LogP contribution < -0.4 is 5.32 Å². The second kappa shape index (κ2) is 7.17. The van der Waals surface area contributed by atoms with Crippen molar-refractivity contribution in [2.75, 3.05) is 6.61 Å². The van der Waals surface area contributed by atoms with Crippen molar-refractivity contribution in [1.29, 1.82) is 0 Å². The van der Waals surface area contributed by atoms with Gasteiger partial charge in [-0.25, -0.2) is 4.98 Å². The number of nitrogens with zero attached hydrogens (tertiary/aromatic N) is 2. The van der Waals surface area contributed by atoms with Crippen molar-refractivity contribution in [1.82, 2.24) is 15.3 Å². The lowest BCUT2D eigenvalue weighted by Gasteiger charge is -2.05. The zero-order valence-corrected chi connectivity index (χ0v) is 11.6. The number of pyridine rings is 2. The fourth-order valence-corrected chi connectivity index (χ4v) is 1.62. The van der Waals surface area contributed by atoms with Gasteiger partial charge in [-0.3, -0.25) is 9.78 Å². The Labute approximate surface area is 123 Å². The normalized spacial score (nSPS) is 9.62. The van der Waals surface area contributed by atoms with Crippen molar-refractivity contribution in [2.24, 2.45) is 0 Å². The Kier molecular flexibility index (Phi) is 5.02. The minimum Gasteiger partial charge on any atom is -0.384 e. The molecule has 0 aromatic carbocycles. The molecule has 1 amide bonds. The first-order chi connectivity index (χ1) is 10.2. The lowest BCUT2D eigenvalue weighted by molar-refractivity contribution is 0.0946. The molecular formula is C16H15N3O2. The average molecular weight is 281 g/mol. The molecule has 2 heterocycles. The zero-order chi connectivity index (χ0) is 15.1. The molecule has 0 radical (unpaired) electrons. The molecule has 0 saturated carbocycles. The Balaban J connectivity index is 1.95. The minimum absolute atomic E-state index is 0.202. The van der Waals surface area contributed by atoms with E-state index in [9.17, 15) is 4.79 Å². The third kappa shape index (κ3) is 4.41. The number of hydrogen-bond donors (Lipinski definition) is 2. The number of carbonyl (C=O) groups excluding carboxylic acids is 1. The number of rotatable bonds is 3. The second-order valence-corrected chi connectivity index (χ2v) is 4.38. The highest BCUT2D eigenvalue weighted by Gasteiger charge is 2.06. The van der Waals surface area contributed by atoms with Crippen LogP contribution in [0.4, 0.5) is 0 Å². The SMILES string of the molecule is Cc1ccc(CNC(=O)c2ccc(C#CCO)cn2)cn1. The van der Waals surface area contributed by atoms with E-state index in [1.54, 1.807) is 18.3 Å². The highest BCUT2D eigenvalue weighted by atomic mass is 16.2. The summed E-state index contributed by atoms with van der Waals surface area (Å²) in [7, 11) is 0. The molecule has 0 unspecified atom stereocenters. The fraction of sp³-hybridized carbons (Fsp3) is 0.188. The van der Waals surface area contributed by atoms with Crippen molar-refractivity contribution in [2.45, 2.75) is 13.5 Å². The standard InChI is InChI=1S/C16H15N3O2/c1-12-4-5-14(10-17-12)11-19-16(21)15-7-6-13(9-18-15)3-2-8-20/h4-7,9-10,20H,8,11H2,1H3,(H,19,21). The summed E-state index contributed by atoms with van der Waals surface area (Å²) >= 11 is 0. The summed E-state index contributed by atoms with van der Waals surface area (Å²) in [5, 5.41) is 11.4. The van der Waals surface area contributed by atoms with Crippen molar-refractivity contribution >= 4 is 5.91 Å². The van der Waals surface area contributed by atoms with Gasteiger partial charge in [0, 0.05) is 30.2 Å². The van der Waals surface area contributed by atoms with E-state index in [4.69, 9.17) is 5.11 Å². The highest BCUT2D eigenvalue weighted by Crippen LogP contribution is 2.01. The lowest BCUT2D eigenvalue weighted by atomic mass is 10.2. The Hall–Kier alpha value is -2.71. The van der Waals surface area contributed by atoms with E-state index in [0.29, 0.717) is 17.8 Å². The molecular weight excluding hydrogens is 266 g/mol. The Morgan fingerprint density at radius 2 is 2.10 bits per heavy atom. The lowest BCUT2D eigenvalue weighted by Crippen LogP contribution is -2.23. The molecule has 2 aromatic rings. The summed E-state index contributed by atoms with van der Waals surface area (Å²) in [6.45, 7) is 2.11. The maximum atomic E-state index is 11.9. The molecule has 5 heteroatoms. The molecule has 0 aliphatic rings. The van der Waals surface area contributed by atoms with Crippen LogP contribution >= 0.6 is 0 Å². The zero-order valence-electron chi connectivity index (χ0n) is 11.6. The van der Waals surface area contributed by atoms with Crippen molar-refractivity contribution < 1.29 is 9.90 Å². The second-order valence-electron chi connectivity index (χ2n) is 4.38. The Morgan fingerprint density at radius 1 is 1.24 bits per heavy atom. The Bertz CT molecular complexity index is 667. The van der Waals surface area contributed by atoms with Crippen LogP contribution in [0.5, 0.6) is 0 Å². The number of hydrogen-bond acceptors (Lipinski definition) is 4. The van der Waals surface area contributed by atoms with Crippen LogP contribution in [0, 0.1) is 18.8 Å². The fourth-order valence-electron chi connectivity index (χ4n) is 1.62. The van der Waals surface area contributed by atoms with E-state index >= 15 is 0 Å². The van der Waals surface area contributed by atoms with Crippen LogP contribution in [0.1, 0.15) is 27.3 Å². The molecule has 0 aliphatic heterocycles. The average Bonchev–Trinajstić information content (AvgIpc) is 2.52. The molecule has 0 bridgehead atoms. The molecule has 0 spiro atoms. The molecule has 0 saturated heterocycles. The van der Waals surface area contributed by atoms with Gasteiger partial charge < -0.3 is 10.4 Å². The largest absolute Gasteiger partial charge is 0.384 e. The number of nitrogens with one attached hydrogen (secondary N) is 1. The van der Waals surface area contributed by atoms with Gasteiger partial charge in [-0.15, -0.1) is 0 Å². The van der Waals surface area contributed by atoms with Gasteiger partial charge >= 0.3 is 0 Å². The first-order valence-corrected chi connectivity index (χ1v) is 6.44. The van der Waals surface area contributed by atoms with Crippen LogP contribution in [0.15, 0.2) is 36.7 Å². The third-order valence-corrected chi connectivity index (χ3v) is 2.73. The summed E-state index contributed by atoms with van der Waals surface area (Å²) in [6, 6.07) is 7.11. The molecule has 5 nitrogen and oxygen atoms in total. The number of carbonyl (C=O) groups is 1. The predicted molar refractivity (Wildman–Crippen MR) is 78.3 cm³/mol. The maximum absolute atomic E-state index is 11.9. The summed E-state index contributed by atoms with van der Waals surface area (Å²) in [6.07, 6.45) is 3.24. The van der Waals surface area contributed by atoms with Gasteiger partial charge in [-0.05, 0) is 30.7 Å². The van der Waals surface area contributed by atoms with Crippen molar-refractivity contribution in [3.63, 3.8) is 0 Å². The van der Waals surface area contributed by atoms with E-state index in [-0.39, 0.29) is 12.5 Å². The number of amides is 1. The van der Waals surface area contributed by atoms with Gasteiger partial charge in [0.2, 0.25) is 0 Å². The molecule has 2 aromatic heterocycles. The predicted octanol–water partition coefficient (Wildman–Crippen LogP) is 1.06. The molecule has 106 valence electrons. The quantitative estimate of drug-likeness (QED) is 0.825. The highest BCUT2D eigenvalue weighted by molar-refractivity contribution is 5.92. The third-order valence-electron chi connectivity index (χ3n) is 2.73. The van der Waals surface area contributed by atoms with Gasteiger partial charge in [-0.1, -0.05) is 17.9 Å². The summed E-state index contributed by atoms with van der Waals surface area (Å²) < 4.78 is 0. The van der Waals surface area contributed by atoms with E-state index in [0.717, 1.165) is 11.3 Å². The number of aliphatic hydroxyl groups is 1. The summed E-state index contributed by atoms with van der Waals surface area (Å²) in [5.74, 6) is 4.99. The molecule has 0 fully saturated rings. The van der Waals surface area contributed by atoms with E-state index in [1.807, 2.05) is 19.1 Å². The van der Waals surface area contributed by atoms with Crippen LogP contribution in [0.3, 0.4) is 0 Å². The number of aliphatic hydroxyl groups excluding tert-OH is 1. The van der Waals surface area contributed by atoms with Gasteiger partial charge in [-0.2, -0.15) is 0 Å². The van der Waals surface area contributed by atoms with Gasteiger partial charge in [0.1, 0.15) is 12.3 Å². The molecule has 0 aliphatic carbocycles. The summed E-state index contributed by atoms with van der Waals surface area (Å²) in [5.41, 5.74) is 2.85. The molecule has 21 heavy (non-hydrogen) atoms. The smallest absolute Gasteiger partial charge is 0.270 e. The van der Waals surface area contributed by atoms with E-state index in [1.165, 1.54) is 6.20 Å². The first-order valence-electron chi connectivity index (χ1n) is 6.44. The maximum Gasteiger partial charge on any atom is 0.270 e. The van der Waals surface area contributed by atoms with Crippen LogP contribution in [-0.4, -0.2) is 27.6 Å². The van der Waals surface area contributed by atoms with Crippen LogP contribution in [0.2, 0.25) is 0 Å². The number of aromatic nitrogens is 2. The molecule has 2 N–H and O–H groups in total. The summed E-state index contributed by atoms with van der Waals surface area (Å²) in [4.78, 5) is 20.2. The van der Waals surface area contributed by atoms with E-state index in [2.05, 4.69) is 27.1 Å². The van der Waals surface area contributed by atoms with Gasteiger partial charge in [0.25, 0.3) is 5.91 Å². The topological polar surface area (TPSA) is 75.1 Å². The van der Waals surface area contributed by atoms with Crippen molar-refractivity contribution in [3.8, 4) is 11.8 Å². The minimum atomic E-state index is -0.253. The molecule has 2 rings (SSSR count). The molecule has 0 atom stereocenters. The monoisotopic (exact) mass is 281 g/mol. The van der Waals surface area contributed by atoms with Crippen LogP contribution in [0.25, 0.3) is 0 Å². The Morgan fingerprint density at radius 3 is 2.71 bits per heavy atom. The van der Waals surface area contributed by atoms with E-state index < -0.39 is 0 Å². The van der Waals surface area contributed by atoms with Gasteiger partial charge in [0.05, 0.1) is 0 Å². The van der Waals surface area contributed by atoms with Crippen LogP contribution in [-0.2, 0) is 6.54 Å². The van der Waals surface area contributed by atoms with Gasteiger partial charge in [0.15, 0.2) is 0 Å². The first kappa shape index (κ1) is 14.7.